The molecule has 2 rings (SSSR count). The monoisotopic (exact) mass is 306 g/mol. The van der Waals surface area contributed by atoms with Crippen LogP contribution < -0.4 is 5.32 Å². The molecule has 4 nitrogen and oxygen atoms in total. The highest BCUT2D eigenvalue weighted by Crippen LogP contribution is 2.32. The molecule has 0 aromatic heterocycles. The highest BCUT2D eigenvalue weighted by Gasteiger charge is 2.37. The van der Waals surface area contributed by atoms with Gasteiger partial charge in [0.15, 0.2) is 0 Å². The zero-order valence-electron chi connectivity index (χ0n) is 11.8. The van der Waals surface area contributed by atoms with Gasteiger partial charge in [-0.05, 0) is 37.2 Å². The number of nitriles is 1. The van der Waals surface area contributed by atoms with Crippen molar-refractivity contribution in [2.45, 2.75) is 37.8 Å². The van der Waals surface area contributed by atoms with Gasteiger partial charge in [-0.1, -0.05) is 30.3 Å². The lowest BCUT2D eigenvalue weighted by atomic mass is 9.78. The molecule has 1 aliphatic rings. The van der Waals surface area contributed by atoms with Crippen LogP contribution in [-0.4, -0.2) is 17.5 Å². The van der Waals surface area contributed by atoms with Crippen molar-refractivity contribution in [3.05, 3.63) is 35.9 Å². The van der Waals surface area contributed by atoms with Crippen LogP contribution in [0, 0.1) is 17.2 Å². The Balaban J connectivity index is 1.85. The fraction of sp³-hybridized carbons (Fsp3) is 0.500. The molecule has 0 bridgehead atoms. The summed E-state index contributed by atoms with van der Waals surface area (Å²) in [5.41, 5.74) is 0.112. The Morgan fingerprint density at radius 3 is 2.62 bits per heavy atom. The first-order chi connectivity index (χ1) is 10.2. The largest absolute Gasteiger partial charge is 0.445 e. The molecule has 0 saturated heterocycles. The Morgan fingerprint density at radius 2 is 2.05 bits per heavy atom. The van der Waals surface area contributed by atoms with Crippen molar-refractivity contribution in [1.82, 2.24) is 5.32 Å². The molecule has 1 aromatic carbocycles. The molecule has 1 saturated carbocycles. The fourth-order valence-electron chi connectivity index (χ4n) is 2.54. The molecule has 0 atom stereocenters. The summed E-state index contributed by atoms with van der Waals surface area (Å²) < 4.78 is 5.18. The topological polar surface area (TPSA) is 62.1 Å². The summed E-state index contributed by atoms with van der Waals surface area (Å²) in [6, 6.07) is 11.7. The lowest BCUT2D eigenvalue weighted by Crippen LogP contribution is -2.49. The van der Waals surface area contributed by atoms with Crippen LogP contribution >= 0.6 is 11.6 Å². The minimum absolute atomic E-state index is 0.207. The van der Waals surface area contributed by atoms with Gasteiger partial charge in [0.25, 0.3) is 0 Å². The van der Waals surface area contributed by atoms with Gasteiger partial charge in [0.05, 0.1) is 6.07 Å². The van der Waals surface area contributed by atoms with Gasteiger partial charge in [0.1, 0.15) is 12.1 Å². The number of amides is 1. The summed E-state index contributed by atoms with van der Waals surface area (Å²) in [5, 5.41) is 12.1. The maximum absolute atomic E-state index is 11.9. The van der Waals surface area contributed by atoms with Gasteiger partial charge in [-0.3, -0.25) is 0 Å². The van der Waals surface area contributed by atoms with Crippen LogP contribution in [0.3, 0.4) is 0 Å². The minimum Gasteiger partial charge on any atom is -0.445 e. The van der Waals surface area contributed by atoms with Gasteiger partial charge < -0.3 is 10.1 Å². The van der Waals surface area contributed by atoms with Crippen molar-refractivity contribution < 1.29 is 9.53 Å². The van der Waals surface area contributed by atoms with Crippen LogP contribution in [0.15, 0.2) is 30.3 Å². The van der Waals surface area contributed by atoms with E-state index in [0.29, 0.717) is 24.6 Å². The third kappa shape index (κ3) is 4.37. The van der Waals surface area contributed by atoms with Crippen LogP contribution in [0.4, 0.5) is 4.79 Å². The van der Waals surface area contributed by atoms with E-state index in [1.807, 2.05) is 30.3 Å². The van der Waals surface area contributed by atoms with E-state index in [0.717, 1.165) is 18.4 Å². The first-order valence-electron chi connectivity index (χ1n) is 7.13. The predicted octanol–water partition coefficient (Wildman–Crippen LogP) is 3.60. The normalized spacial score (nSPS) is 24.9. The van der Waals surface area contributed by atoms with Crippen LogP contribution in [0.1, 0.15) is 31.2 Å². The Bertz CT molecular complexity index is 505. The molecule has 0 spiro atoms. The molecule has 0 unspecified atom stereocenters. The molecule has 0 aliphatic heterocycles. The Labute approximate surface area is 130 Å². The third-order valence-electron chi connectivity index (χ3n) is 3.95. The molecule has 1 aliphatic carbocycles. The van der Waals surface area contributed by atoms with E-state index in [2.05, 4.69) is 11.4 Å². The molecular formula is C16H19ClN2O2. The number of benzene rings is 1. The van der Waals surface area contributed by atoms with E-state index in [1.165, 1.54) is 0 Å². The van der Waals surface area contributed by atoms with Crippen molar-refractivity contribution in [2.75, 3.05) is 5.88 Å². The van der Waals surface area contributed by atoms with Gasteiger partial charge in [-0.2, -0.15) is 5.26 Å². The quantitative estimate of drug-likeness (QED) is 0.864. The van der Waals surface area contributed by atoms with Gasteiger partial charge in [-0.15, -0.1) is 11.6 Å². The predicted molar refractivity (Wildman–Crippen MR) is 80.8 cm³/mol. The second kappa shape index (κ2) is 7.33. The average molecular weight is 307 g/mol. The lowest BCUT2D eigenvalue weighted by Gasteiger charge is -2.34. The maximum Gasteiger partial charge on any atom is 0.408 e. The Hall–Kier alpha value is -1.73. The van der Waals surface area contributed by atoms with Crippen LogP contribution in [0.2, 0.25) is 0 Å². The van der Waals surface area contributed by atoms with E-state index in [1.54, 1.807) is 0 Å². The number of hydrogen-bond donors (Lipinski definition) is 1. The van der Waals surface area contributed by atoms with Crippen LogP contribution in [0.25, 0.3) is 0 Å². The third-order valence-corrected chi connectivity index (χ3v) is 4.38. The maximum atomic E-state index is 11.9. The van der Waals surface area contributed by atoms with E-state index < -0.39 is 11.6 Å². The van der Waals surface area contributed by atoms with Crippen molar-refractivity contribution in [3.8, 4) is 6.07 Å². The number of alkyl halides is 1. The number of alkyl carbamates (subject to hydrolysis) is 1. The number of rotatable bonds is 4. The number of hydrogen-bond acceptors (Lipinski definition) is 3. The molecule has 1 fully saturated rings. The molecule has 5 heteroatoms. The Kier molecular flexibility index (Phi) is 5.46. The number of ether oxygens (including phenoxy) is 1. The van der Waals surface area contributed by atoms with Crippen molar-refractivity contribution in [1.29, 1.82) is 5.26 Å². The summed E-state index contributed by atoms with van der Waals surface area (Å²) in [6.07, 6.45) is 2.43. The molecule has 1 aromatic rings. The molecule has 21 heavy (non-hydrogen) atoms. The second-order valence-corrected chi connectivity index (χ2v) is 5.79. The van der Waals surface area contributed by atoms with E-state index in [9.17, 15) is 10.1 Å². The zero-order chi connectivity index (χ0) is 15.1. The lowest BCUT2D eigenvalue weighted by molar-refractivity contribution is 0.124. The zero-order valence-corrected chi connectivity index (χ0v) is 12.6. The summed E-state index contributed by atoms with van der Waals surface area (Å²) in [5.74, 6) is 1.05. The standard InChI is InChI=1S/C16H19ClN2O2/c17-10-13-6-8-16(12-18,9-7-13)19-15(20)21-11-14-4-2-1-3-5-14/h1-5,13H,6-11H2,(H,19,20). The van der Waals surface area contributed by atoms with Gasteiger partial charge in [0.2, 0.25) is 0 Å². The second-order valence-electron chi connectivity index (χ2n) is 5.48. The molecule has 112 valence electrons. The highest BCUT2D eigenvalue weighted by atomic mass is 35.5. The molecule has 0 heterocycles. The summed E-state index contributed by atoms with van der Waals surface area (Å²) >= 11 is 5.84. The number of nitrogens with zero attached hydrogens (tertiary/aromatic N) is 1. The number of carbonyl (C=O) groups is 1. The summed E-state index contributed by atoms with van der Waals surface area (Å²) in [7, 11) is 0. The van der Waals surface area contributed by atoms with Crippen molar-refractivity contribution in [3.63, 3.8) is 0 Å². The van der Waals surface area contributed by atoms with Crippen LogP contribution in [-0.2, 0) is 11.3 Å². The minimum atomic E-state index is -0.809. The van der Waals surface area contributed by atoms with Gasteiger partial charge >= 0.3 is 6.09 Å². The number of halogens is 1. The summed E-state index contributed by atoms with van der Waals surface area (Å²) in [6.45, 7) is 0.207. The van der Waals surface area contributed by atoms with Crippen molar-refractivity contribution in [2.24, 2.45) is 5.92 Å². The first-order valence-corrected chi connectivity index (χ1v) is 7.67. The first kappa shape index (κ1) is 15.7. The summed E-state index contributed by atoms with van der Waals surface area (Å²) in [4.78, 5) is 11.9. The van der Waals surface area contributed by atoms with Crippen LogP contribution in [0.5, 0.6) is 0 Å². The van der Waals surface area contributed by atoms with Gasteiger partial charge in [0, 0.05) is 5.88 Å². The molecular weight excluding hydrogens is 288 g/mol. The molecule has 1 amide bonds. The SMILES string of the molecule is N#CC1(NC(=O)OCc2ccccc2)CCC(CCl)CC1. The van der Waals surface area contributed by atoms with Crippen molar-refractivity contribution >= 4 is 17.7 Å². The number of carbonyl (C=O) groups excluding carboxylic acids is 1. The average Bonchev–Trinajstić information content (AvgIpc) is 2.54. The van der Waals surface area contributed by atoms with E-state index >= 15 is 0 Å². The molecule has 0 radical (unpaired) electrons. The highest BCUT2D eigenvalue weighted by molar-refractivity contribution is 6.18. The number of nitrogens with one attached hydrogen (secondary N) is 1. The van der Waals surface area contributed by atoms with Gasteiger partial charge in [-0.25, -0.2) is 4.79 Å². The van der Waals surface area contributed by atoms with E-state index in [-0.39, 0.29) is 6.61 Å². The fourth-order valence-corrected chi connectivity index (χ4v) is 2.85. The smallest absolute Gasteiger partial charge is 0.408 e. The molecule has 1 N–H and O–H groups in total. The van der Waals surface area contributed by atoms with E-state index in [4.69, 9.17) is 16.3 Å². The Morgan fingerprint density at radius 1 is 1.38 bits per heavy atom.